The quantitative estimate of drug-likeness (QED) is 0.719. The molecule has 0 heterocycles. The lowest BCUT2D eigenvalue weighted by Crippen LogP contribution is -2.15. The highest BCUT2D eigenvalue weighted by Gasteiger charge is 2.03. The molecule has 14 heavy (non-hydrogen) atoms. The molecule has 0 radical (unpaired) electrons. The van der Waals surface area contributed by atoms with E-state index in [4.69, 9.17) is 5.73 Å². The largest absolute Gasteiger partial charge is 0.397 e. The average molecular weight is 192 g/mol. The maximum Gasteiger partial charge on any atom is 0.0576 e. The normalized spacial score (nSPS) is 12.5. The Balaban J connectivity index is 2.67. The van der Waals surface area contributed by atoms with Gasteiger partial charge in [0.05, 0.1) is 11.4 Å². The first-order valence-electron chi connectivity index (χ1n) is 5.26. The molecule has 0 spiro atoms. The van der Waals surface area contributed by atoms with Gasteiger partial charge in [0, 0.05) is 6.04 Å². The number of rotatable bonds is 4. The molecule has 3 N–H and O–H groups in total. The Hall–Kier alpha value is -1.18. The number of nitrogens with two attached hydrogens (primary N) is 1. The van der Waals surface area contributed by atoms with Gasteiger partial charge in [-0.3, -0.25) is 0 Å². The number of nitrogen functional groups attached to an aromatic ring is 1. The van der Waals surface area contributed by atoms with Gasteiger partial charge in [-0.05, 0) is 38.0 Å². The van der Waals surface area contributed by atoms with Crippen molar-refractivity contribution in [1.29, 1.82) is 0 Å². The summed E-state index contributed by atoms with van der Waals surface area (Å²) in [5.74, 6) is 0. The van der Waals surface area contributed by atoms with Crippen LogP contribution in [0.5, 0.6) is 0 Å². The first kappa shape index (κ1) is 10.9. The Morgan fingerprint density at radius 1 is 1.43 bits per heavy atom. The number of anilines is 2. The van der Waals surface area contributed by atoms with E-state index >= 15 is 0 Å². The SMILES string of the molecule is CCCC(C)Nc1ccc(C)cc1N. The van der Waals surface area contributed by atoms with Crippen LogP contribution in [0, 0.1) is 6.92 Å². The third-order valence-electron chi connectivity index (χ3n) is 2.33. The summed E-state index contributed by atoms with van der Waals surface area (Å²) in [6.45, 7) is 6.43. The molecule has 0 bridgehead atoms. The fraction of sp³-hybridized carbons (Fsp3) is 0.500. The molecular formula is C12H20N2. The van der Waals surface area contributed by atoms with E-state index in [0.29, 0.717) is 6.04 Å². The van der Waals surface area contributed by atoms with E-state index in [2.05, 4.69) is 38.2 Å². The Kier molecular flexibility index (Phi) is 3.81. The van der Waals surface area contributed by atoms with E-state index in [9.17, 15) is 0 Å². The van der Waals surface area contributed by atoms with Gasteiger partial charge in [0.15, 0.2) is 0 Å². The van der Waals surface area contributed by atoms with Crippen LogP contribution in [-0.4, -0.2) is 6.04 Å². The van der Waals surface area contributed by atoms with Crippen LogP contribution < -0.4 is 11.1 Å². The van der Waals surface area contributed by atoms with Gasteiger partial charge in [0.1, 0.15) is 0 Å². The zero-order valence-electron chi connectivity index (χ0n) is 9.30. The fourth-order valence-corrected chi connectivity index (χ4v) is 1.58. The first-order valence-corrected chi connectivity index (χ1v) is 5.26. The zero-order chi connectivity index (χ0) is 10.6. The summed E-state index contributed by atoms with van der Waals surface area (Å²) in [7, 11) is 0. The number of hydrogen-bond acceptors (Lipinski definition) is 2. The number of aryl methyl sites for hydroxylation is 1. The maximum atomic E-state index is 5.90. The smallest absolute Gasteiger partial charge is 0.0576 e. The van der Waals surface area contributed by atoms with Crippen LogP contribution in [0.1, 0.15) is 32.3 Å². The Labute approximate surface area is 86.5 Å². The minimum Gasteiger partial charge on any atom is -0.397 e. The van der Waals surface area contributed by atoms with Gasteiger partial charge < -0.3 is 11.1 Å². The molecule has 0 aliphatic rings. The van der Waals surface area contributed by atoms with E-state index in [1.165, 1.54) is 18.4 Å². The molecule has 1 unspecified atom stereocenters. The van der Waals surface area contributed by atoms with Crippen molar-refractivity contribution in [1.82, 2.24) is 0 Å². The van der Waals surface area contributed by atoms with Gasteiger partial charge in [-0.2, -0.15) is 0 Å². The van der Waals surface area contributed by atoms with Gasteiger partial charge >= 0.3 is 0 Å². The van der Waals surface area contributed by atoms with Crippen molar-refractivity contribution >= 4 is 11.4 Å². The second-order valence-corrected chi connectivity index (χ2v) is 3.92. The molecule has 0 saturated heterocycles. The van der Waals surface area contributed by atoms with Gasteiger partial charge in [0.25, 0.3) is 0 Å². The van der Waals surface area contributed by atoms with Crippen molar-refractivity contribution < 1.29 is 0 Å². The minimum atomic E-state index is 0.491. The predicted octanol–water partition coefficient (Wildman–Crippen LogP) is 3.18. The zero-order valence-corrected chi connectivity index (χ0v) is 9.30. The summed E-state index contributed by atoms with van der Waals surface area (Å²) in [5, 5.41) is 3.41. The lowest BCUT2D eigenvalue weighted by Gasteiger charge is -2.16. The van der Waals surface area contributed by atoms with Crippen molar-refractivity contribution in [2.24, 2.45) is 0 Å². The van der Waals surface area contributed by atoms with Crippen molar-refractivity contribution in [3.63, 3.8) is 0 Å². The summed E-state index contributed by atoms with van der Waals surface area (Å²) in [6.07, 6.45) is 2.37. The highest BCUT2D eigenvalue weighted by Crippen LogP contribution is 2.20. The molecule has 2 heteroatoms. The number of hydrogen-bond donors (Lipinski definition) is 2. The van der Waals surface area contributed by atoms with E-state index in [0.717, 1.165) is 11.4 Å². The third-order valence-corrected chi connectivity index (χ3v) is 2.33. The van der Waals surface area contributed by atoms with Gasteiger partial charge in [-0.1, -0.05) is 19.4 Å². The fourth-order valence-electron chi connectivity index (χ4n) is 1.58. The molecule has 1 atom stereocenters. The van der Waals surface area contributed by atoms with Crippen molar-refractivity contribution in [3.8, 4) is 0 Å². The molecule has 0 aliphatic carbocycles. The van der Waals surface area contributed by atoms with Crippen molar-refractivity contribution in [2.45, 2.75) is 39.7 Å². The molecule has 1 rings (SSSR count). The van der Waals surface area contributed by atoms with Crippen LogP contribution in [0.2, 0.25) is 0 Å². The van der Waals surface area contributed by atoms with Crippen LogP contribution >= 0.6 is 0 Å². The van der Waals surface area contributed by atoms with Gasteiger partial charge in [-0.25, -0.2) is 0 Å². The second-order valence-electron chi connectivity index (χ2n) is 3.92. The van der Waals surface area contributed by atoms with E-state index < -0.39 is 0 Å². The van der Waals surface area contributed by atoms with Crippen molar-refractivity contribution in [2.75, 3.05) is 11.1 Å². The summed E-state index contributed by atoms with van der Waals surface area (Å²) in [6, 6.07) is 6.62. The molecule has 2 nitrogen and oxygen atoms in total. The van der Waals surface area contributed by atoms with E-state index in [-0.39, 0.29) is 0 Å². The molecule has 1 aromatic carbocycles. The Bertz CT molecular complexity index is 294. The lowest BCUT2D eigenvalue weighted by atomic mass is 10.1. The summed E-state index contributed by atoms with van der Waals surface area (Å²) in [4.78, 5) is 0. The van der Waals surface area contributed by atoms with Crippen LogP contribution in [0.3, 0.4) is 0 Å². The maximum absolute atomic E-state index is 5.90. The Morgan fingerprint density at radius 2 is 2.14 bits per heavy atom. The number of nitrogens with one attached hydrogen (secondary N) is 1. The van der Waals surface area contributed by atoms with Crippen molar-refractivity contribution in [3.05, 3.63) is 23.8 Å². The van der Waals surface area contributed by atoms with Crippen LogP contribution in [0.15, 0.2) is 18.2 Å². The van der Waals surface area contributed by atoms with Crippen LogP contribution in [-0.2, 0) is 0 Å². The molecular weight excluding hydrogens is 172 g/mol. The van der Waals surface area contributed by atoms with Gasteiger partial charge in [0.2, 0.25) is 0 Å². The minimum absolute atomic E-state index is 0.491. The number of benzene rings is 1. The highest BCUT2D eigenvalue weighted by molar-refractivity contribution is 5.67. The molecule has 0 amide bonds. The van der Waals surface area contributed by atoms with E-state index in [1.54, 1.807) is 0 Å². The lowest BCUT2D eigenvalue weighted by molar-refractivity contribution is 0.691. The van der Waals surface area contributed by atoms with Crippen LogP contribution in [0.25, 0.3) is 0 Å². The molecule has 0 aromatic heterocycles. The first-order chi connectivity index (χ1) is 6.63. The standard InChI is InChI=1S/C12H20N2/c1-4-5-10(3)14-12-7-6-9(2)8-11(12)13/h6-8,10,14H,4-5,13H2,1-3H3. The van der Waals surface area contributed by atoms with E-state index in [1.807, 2.05) is 6.07 Å². The van der Waals surface area contributed by atoms with Gasteiger partial charge in [-0.15, -0.1) is 0 Å². The molecule has 0 saturated carbocycles. The summed E-state index contributed by atoms with van der Waals surface area (Å²) in [5.41, 5.74) is 9.00. The third kappa shape index (κ3) is 2.95. The monoisotopic (exact) mass is 192 g/mol. The summed E-state index contributed by atoms with van der Waals surface area (Å²) >= 11 is 0. The second kappa shape index (κ2) is 4.89. The average Bonchev–Trinajstić information content (AvgIpc) is 2.10. The topological polar surface area (TPSA) is 38.0 Å². The molecule has 0 fully saturated rings. The molecule has 78 valence electrons. The summed E-state index contributed by atoms with van der Waals surface area (Å²) < 4.78 is 0. The Morgan fingerprint density at radius 3 is 2.71 bits per heavy atom. The predicted molar refractivity (Wildman–Crippen MR) is 63.6 cm³/mol. The molecule has 0 aliphatic heterocycles. The van der Waals surface area contributed by atoms with Crippen LogP contribution in [0.4, 0.5) is 11.4 Å². The molecule has 1 aromatic rings. The highest BCUT2D eigenvalue weighted by atomic mass is 14.9.